The van der Waals surface area contributed by atoms with Crippen molar-refractivity contribution in [2.75, 3.05) is 17.2 Å². The second kappa shape index (κ2) is 7.29. The fraction of sp³-hybridized carbons (Fsp3) is 0.125. The van der Waals surface area contributed by atoms with E-state index in [1.165, 1.54) is 6.92 Å². The van der Waals surface area contributed by atoms with Gasteiger partial charge in [-0.25, -0.2) is 0 Å². The van der Waals surface area contributed by atoms with Gasteiger partial charge in [-0.15, -0.1) is 0 Å². The molecule has 1 amide bonds. The average molecular weight is 337 g/mol. The smallest absolute Gasteiger partial charge is 0.243 e. The van der Waals surface area contributed by atoms with E-state index >= 15 is 0 Å². The lowest BCUT2D eigenvalue weighted by Crippen LogP contribution is -2.21. The monoisotopic (exact) mass is 336 g/mol. The molecule has 0 heterocycles. The fourth-order valence-corrected chi connectivity index (χ4v) is 2.16. The molecule has 2 aromatic carbocycles. The Hall–Kier alpha value is -2.04. The molecule has 4 nitrogen and oxygen atoms in total. The largest absolute Gasteiger partial charge is 0.375 e. The first-order valence-corrected chi connectivity index (χ1v) is 7.31. The minimum atomic E-state index is -0.230. The number of nitrogens with one attached hydrogen (secondary N) is 2. The van der Waals surface area contributed by atoms with Crippen LogP contribution in [0.3, 0.4) is 0 Å². The van der Waals surface area contributed by atoms with Crippen molar-refractivity contribution in [3.8, 4) is 0 Å². The molecule has 22 heavy (non-hydrogen) atoms. The highest BCUT2D eigenvalue weighted by atomic mass is 35.5. The second-order valence-electron chi connectivity index (χ2n) is 4.66. The highest BCUT2D eigenvalue weighted by molar-refractivity contribution is 6.35. The van der Waals surface area contributed by atoms with Crippen LogP contribution in [0.25, 0.3) is 0 Å². The zero-order valence-electron chi connectivity index (χ0n) is 11.8. The number of carbonyl (C=O) groups excluding carboxylic acids is 2. The number of amides is 1. The summed E-state index contributed by atoms with van der Waals surface area (Å²) in [5, 5.41) is 6.67. The molecule has 0 saturated heterocycles. The molecule has 0 spiro atoms. The van der Waals surface area contributed by atoms with Gasteiger partial charge in [-0.05, 0) is 49.4 Å². The van der Waals surface area contributed by atoms with E-state index in [2.05, 4.69) is 10.6 Å². The van der Waals surface area contributed by atoms with Crippen LogP contribution < -0.4 is 10.6 Å². The molecule has 0 aromatic heterocycles. The number of halogens is 2. The summed E-state index contributed by atoms with van der Waals surface area (Å²) in [5.41, 5.74) is 1.81. The summed E-state index contributed by atoms with van der Waals surface area (Å²) >= 11 is 11.9. The Kier molecular flexibility index (Phi) is 5.41. The van der Waals surface area contributed by atoms with Gasteiger partial charge in [-0.1, -0.05) is 23.2 Å². The number of hydrogen-bond acceptors (Lipinski definition) is 3. The van der Waals surface area contributed by atoms with Gasteiger partial charge in [0.25, 0.3) is 0 Å². The van der Waals surface area contributed by atoms with E-state index in [1.54, 1.807) is 42.5 Å². The summed E-state index contributed by atoms with van der Waals surface area (Å²) in [7, 11) is 0. The van der Waals surface area contributed by atoms with E-state index in [-0.39, 0.29) is 18.2 Å². The topological polar surface area (TPSA) is 58.2 Å². The van der Waals surface area contributed by atoms with Gasteiger partial charge in [0.2, 0.25) is 5.91 Å². The van der Waals surface area contributed by atoms with Gasteiger partial charge < -0.3 is 10.6 Å². The van der Waals surface area contributed by atoms with Gasteiger partial charge in [0.1, 0.15) is 0 Å². The first-order valence-electron chi connectivity index (χ1n) is 6.55. The van der Waals surface area contributed by atoms with Crippen molar-refractivity contribution in [1.29, 1.82) is 0 Å². The number of anilines is 2. The van der Waals surface area contributed by atoms with Crippen LogP contribution in [0, 0.1) is 0 Å². The third kappa shape index (κ3) is 4.48. The number of carbonyl (C=O) groups is 2. The quantitative estimate of drug-likeness (QED) is 0.802. The molecule has 0 aliphatic heterocycles. The molecule has 0 unspecified atom stereocenters. The van der Waals surface area contributed by atoms with Gasteiger partial charge in [-0.3, -0.25) is 9.59 Å². The van der Waals surface area contributed by atoms with Crippen LogP contribution in [0.15, 0.2) is 42.5 Å². The first kappa shape index (κ1) is 16.3. The molecule has 0 fully saturated rings. The van der Waals surface area contributed by atoms with Crippen LogP contribution in [-0.4, -0.2) is 18.2 Å². The van der Waals surface area contributed by atoms with Crippen molar-refractivity contribution in [3.05, 3.63) is 58.1 Å². The van der Waals surface area contributed by atoms with Gasteiger partial charge >= 0.3 is 0 Å². The van der Waals surface area contributed by atoms with Crippen molar-refractivity contribution < 1.29 is 9.59 Å². The molecular formula is C16H14Cl2N2O2. The number of hydrogen-bond donors (Lipinski definition) is 2. The highest BCUT2D eigenvalue weighted by Gasteiger charge is 2.06. The molecule has 114 valence electrons. The van der Waals surface area contributed by atoms with E-state index in [0.717, 1.165) is 0 Å². The van der Waals surface area contributed by atoms with E-state index in [4.69, 9.17) is 23.2 Å². The third-order valence-electron chi connectivity index (χ3n) is 2.94. The maximum atomic E-state index is 11.9. The molecule has 0 bridgehead atoms. The Balaban J connectivity index is 1.92. The van der Waals surface area contributed by atoms with Crippen LogP contribution in [0.5, 0.6) is 0 Å². The standard InChI is InChI=1S/C16H14Cl2N2O2/c1-10(21)11-2-5-13(6-3-11)20-16(22)9-19-15-8-12(17)4-7-14(15)18/h2-8,19H,9H2,1H3,(H,20,22). The first-order chi connectivity index (χ1) is 10.5. The SMILES string of the molecule is CC(=O)c1ccc(NC(=O)CNc2cc(Cl)ccc2Cl)cc1. The molecule has 0 aliphatic rings. The van der Waals surface area contributed by atoms with E-state index < -0.39 is 0 Å². The Morgan fingerprint density at radius 2 is 1.73 bits per heavy atom. The van der Waals surface area contributed by atoms with E-state index in [9.17, 15) is 9.59 Å². The summed E-state index contributed by atoms with van der Waals surface area (Å²) in [6, 6.07) is 11.7. The maximum absolute atomic E-state index is 11.9. The lowest BCUT2D eigenvalue weighted by Gasteiger charge is -2.09. The number of benzene rings is 2. The van der Waals surface area contributed by atoms with Crippen LogP contribution in [0.1, 0.15) is 17.3 Å². The Morgan fingerprint density at radius 3 is 2.36 bits per heavy atom. The molecule has 2 N–H and O–H groups in total. The zero-order chi connectivity index (χ0) is 16.1. The molecule has 2 rings (SSSR count). The normalized spacial score (nSPS) is 10.1. The molecular weight excluding hydrogens is 323 g/mol. The van der Waals surface area contributed by atoms with Crippen LogP contribution in [-0.2, 0) is 4.79 Å². The van der Waals surface area contributed by atoms with E-state index in [1.807, 2.05) is 0 Å². The van der Waals surface area contributed by atoms with Gasteiger partial charge in [0.15, 0.2) is 5.78 Å². The number of rotatable bonds is 5. The van der Waals surface area contributed by atoms with Crippen molar-refractivity contribution >= 4 is 46.3 Å². The lowest BCUT2D eigenvalue weighted by atomic mass is 10.1. The van der Waals surface area contributed by atoms with Gasteiger partial charge in [0, 0.05) is 16.3 Å². The molecule has 0 saturated carbocycles. The summed E-state index contributed by atoms with van der Waals surface area (Å²) in [6.45, 7) is 1.54. The average Bonchev–Trinajstić information content (AvgIpc) is 2.49. The Labute approximate surface area is 138 Å². The Morgan fingerprint density at radius 1 is 1.05 bits per heavy atom. The zero-order valence-corrected chi connectivity index (χ0v) is 13.3. The summed E-state index contributed by atoms with van der Waals surface area (Å²) in [6.07, 6.45) is 0. The predicted molar refractivity (Wildman–Crippen MR) is 90.0 cm³/mol. The Bertz CT molecular complexity index is 700. The fourth-order valence-electron chi connectivity index (χ4n) is 1.80. The number of ketones is 1. The molecule has 0 atom stereocenters. The second-order valence-corrected chi connectivity index (χ2v) is 5.50. The van der Waals surface area contributed by atoms with Gasteiger partial charge in [0.05, 0.1) is 17.3 Å². The van der Waals surface area contributed by atoms with Crippen molar-refractivity contribution in [1.82, 2.24) is 0 Å². The van der Waals surface area contributed by atoms with Crippen molar-refractivity contribution in [3.63, 3.8) is 0 Å². The van der Waals surface area contributed by atoms with Crippen molar-refractivity contribution in [2.24, 2.45) is 0 Å². The minimum absolute atomic E-state index is 0.0184. The maximum Gasteiger partial charge on any atom is 0.243 e. The highest BCUT2D eigenvalue weighted by Crippen LogP contribution is 2.25. The lowest BCUT2D eigenvalue weighted by molar-refractivity contribution is -0.114. The van der Waals surface area contributed by atoms with Crippen molar-refractivity contribution in [2.45, 2.75) is 6.92 Å². The predicted octanol–water partition coefficient (Wildman–Crippen LogP) is 4.25. The summed E-state index contributed by atoms with van der Waals surface area (Å²) in [5.74, 6) is -0.248. The molecule has 0 radical (unpaired) electrons. The third-order valence-corrected chi connectivity index (χ3v) is 3.51. The van der Waals surface area contributed by atoms with Crippen LogP contribution >= 0.6 is 23.2 Å². The molecule has 6 heteroatoms. The number of Topliss-reactive ketones (excluding diaryl/α,β-unsaturated/α-hetero) is 1. The van der Waals surface area contributed by atoms with Crippen LogP contribution in [0.4, 0.5) is 11.4 Å². The summed E-state index contributed by atoms with van der Waals surface area (Å²) in [4.78, 5) is 23.1. The summed E-state index contributed by atoms with van der Waals surface area (Å²) < 4.78 is 0. The van der Waals surface area contributed by atoms with E-state index in [0.29, 0.717) is 27.0 Å². The molecule has 2 aromatic rings. The van der Waals surface area contributed by atoms with Gasteiger partial charge in [-0.2, -0.15) is 0 Å². The molecule has 0 aliphatic carbocycles. The van der Waals surface area contributed by atoms with Crippen LogP contribution in [0.2, 0.25) is 10.0 Å². The minimum Gasteiger partial charge on any atom is -0.375 e.